The van der Waals surface area contributed by atoms with Crippen LogP contribution in [0.1, 0.15) is 35.6 Å². The number of fused-ring (bicyclic) bond motifs is 3. The monoisotopic (exact) mass is 367 g/mol. The van der Waals surface area contributed by atoms with Crippen molar-refractivity contribution >= 4 is 5.97 Å². The first-order chi connectivity index (χ1) is 13.2. The average Bonchev–Trinajstić information content (AvgIpc) is 3.21. The topological polar surface area (TPSA) is 48.0 Å². The van der Waals surface area contributed by atoms with Gasteiger partial charge in [0.05, 0.1) is 14.2 Å². The van der Waals surface area contributed by atoms with Crippen LogP contribution in [0, 0.1) is 0 Å². The highest BCUT2D eigenvalue weighted by Crippen LogP contribution is 2.44. The van der Waals surface area contributed by atoms with E-state index in [-0.39, 0.29) is 18.1 Å². The summed E-state index contributed by atoms with van der Waals surface area (Å²) in [5.41, 5.74) is 3.40. The molecule has 5 heteroatoms. The average molecular weight is 367 g/mol. The molecule has 2 aliphatic heterocycles. The van der Waals surface area contributed by atoms with E-state index >= 15 is 0 Å². The maximum Gasteiger partial charge on any atom is 0.324 e. The zero-order valence-electron chi connectivity index (χ0n) is 15.8. The fraction of sp³-hybridized carbons (Fsp3) is 0.409. The van der Waals surface area contributed by atoms with Crippen LogP contribution in [0.15, 0.2) is 42.5 Å². The molecule has 1 saturated heterocycles. The van der Waals surface area contributed by atoms with Gasteiger partial charge in [-0.05, 0) is 54.6 Å². The molecule has 0 saturated carbocycles. The van der Waals surface area contributed by atoms with Gasteiger partial charge in [-0.3, -0.25) is 9.69 Å². The minimum atomic E-state index is -0.244. The van der Waals surface area contributed by atoms with Gasteiger partial charge in [-0.25, -0.2) is 0 Å². The van der Waals surface area contributed by atoms with Gasteiger partial charge in [0.25, 0.3) is 0 Å². The zero-order chi connectivity index (χ0) is 18.8. The third-order valence-electron chi connectivity index (χ3n) is 5.61. The molecule has 0 radical (unpaired) electrons. The molecule has 1 fully saturated rings. The number of carbonyl (C=O) groups is 1. The maximum atomic E-state index is 12.9. The molecular formula is C22H25NO4. The van der Waals surface area contributed by atoms with Crippen molar-refractivity contribution in [1.29, 1.82) is 0 Å². The van der Waals surface area contributed by atoms with E-state index in [1.807, 2.05) is 36.4 Å². The van der Waals surface area contributed by atoms with E-state index in [2.05, 4.69) is 11.0 Å². The number of hydrogen-bond acceptors (Lipinski definition) is 5. The number of methoxy groups -OCH3 is 2. The SMILES string of the molecule is COc1cc2c(cc1OC)[C@@H]1CCCN1[C@H](C(=O)OCc1ccccc1)C2. The van der Waals surface area contributed by atoms with Crippen molar-refractivity contribution in [1.82, 2.24) is 4.90 Å². The van der Waals surface area contributed by atoms with Gasteiger partial charge in [0.2, 0.25) is 0 Å². The smallest absolute Gasteiger partial charge is 0.324 e. The molecule has 0 unspecified atom stereocenters. The summed E-state index contributed by atoms with van der Waals surface area (Å²) < 4.78 is 16.6. The van der Waals surface area contributed by atoms with E-state index < -0.39 is 0 Å². The van der Waals surface area contributed by atoms with Crippen molar-refractivity contribution in [2.75, 3.05) is 20.8 Å². The van der Waals surface area contributed by atoms with Crippen LogP contribution in [0.25, 0.3) is 0 Å². The van der Waals surface area contributed by atoms with Crippen molar-refractivity contribution in [3.8, 4) is 11.5 Å². The summed E-state index contributed by atoms with van der Waals surface area (Å²) in [6.45, 7) is 1.23. The molecule has 0 aromatic heterocycles. The molecule has 5 nitrogen and oxygen atoms in total. The van der Waals surface area contributed by atoms with Crippen LogP contribution in [0.2, 0.25) is 0 Å². The lowest BCUT2D eigenvalue weighted by Crippen LogP contribution is -2.46. The van der Waals surface area contributed by atoms with E-state index in [4.69, 9.17) is 14.2 Å². The van der Waals surface area contributed by atoms with Crippen molar-refractivity contribution < 1.29 is 19.0 Å². The van der Waals surface area contributed by atoms with Gasteiger partial charge >= 0.3 is 5.97 Å². The Hall–Kier alpha value is -2.53. The zero-order valence-corrected chi connectivity index (χ0v) is 15.8. The number of ether oxygens (including phenoxy) is 3. The number of benzene rings is 2. The number of carbonyl (C=O) groups excluding carboxylic acids is 1. The number of esters is 1. The third-order valence-corrected chi connectivity index (χ3v) is 5.61. The Morgan fingerprint density at radius 3 is 2.59 bits per heavy atom. The second-order valence-corrected chi connectivity index (χ2v) is 7.12. The molecule has 0 spiro atoms. The Balaban J connectivity index is 1.57. The quantitative estimate of drug-likeness (QED) is 0.757. The van der Waals surface area contributed by atoms with Crippen LogP contribution in [0.4, 0.5) is 0 Å². The third kappa shape index (κ3) is 3.39. The van der Waals surface area contributed by atoms with Crippen LogP contribution in [0.3, 0.4) is 0 Å². The van der Waals surface area contributed by atoms with E-state index in [0.29, 0.717) is 18.8 Å². The molecule has 2 atom stereocenters. The van der Waals surface area contributed by atoms with Gasteiger partial charge in [-0.1, -0.05) is 30.3 Å². The lowest BCUT2D eigenvalue weighted by atomic mass is 9.88. The van der Waals surface area contributed by atoms with Crippen molar-refractivity contribution in [2.45, 2.75) is 38.0 Å². The molecule has 0 amide bonds. The van der Waals surface area contributed by atoms with Crippen molar-refractivity contribution in [3.05, 3.63) is 59.2 Å². The summed E-state index contributed by atoms with van der Waals surface area (Å²) in [6.07, 6.45) is 2.77. The van der Waals surface area contributed by atoms with E-state index in [1.54, 1.807) is 14.2 Å². The van der Waals surface area contributed by atoms with E-state index in [9.17, 15) is 4.79 Å². The molecule has 2 heterocycles. The molecule has 0 aliphatic carbocycles. The van der Waals surface area contributed by atoms with Crippen molar-refractivity contribution in [2.24, 2.45) is 0 Å². The van der Waals surface area contributed by atoms with Crippen LogP contribution in [-0.4, -0.2) is 37.7 Å². The van der Waals surface area contributed by atoms with Crippen LogP contribution < -0.4 is 9.47 Å². The lowest BCUT2D eigenvalue weighted by molar-refractivity contribution is -0.152. The first kappa shape index (κ1) is 17.9. The summed E-state index contributed by atoms with van der Waals surface area (Å²) in [4.78, 5) is 15.2. The summed E-state index contributed by atoms with van der Waals surface area (Å²) in [7, 11) is 3.30. The molecule has 142 valence electrons. The first-order valence-corrected chi connectivity index (χ1v) is 9.42. The highest BCUT2D eigenvalue weighted by molar-refractivity contribution is 5.77. The number of nitrogens with zero attached hydrogens (tertiary/aromatic N) is 1. The van der Waals surface area contributed by atoms with Crippen LogP contribution in [0.5, 0.6) is 11.5 Å². The molecule has 2 aromatic rings. The standard InChI is InChI=1S/C22H25NO4/c1-25-20-12-16-11-19(22(24)27-14-15-7-4-3-5-8-15)23-10-6-9-18(23)17(16)13-21(20)26-2/h3-5,7-8,12-13,18-19H,6,9-11,14H2,1-2H3/t18-,19-/m0/s1. The fourth-order valence-corrected chi connectivity index (χ4v) is 4.29. The Bertz CT molecular complexity index is 821. The maximum absolute atomic E-state index is 12.9. The second kappa shape index (κ2) is 7.61. The molecular weight excluding hydrogens is 342 g/mol. The van der Waals surface area contributed by atoms with Gasteiger partial charge in [0, 0.05) is 6.04 Å². The van der Waals surface area contributed by atoms with Gasteiger partial charge in [0.15, 0.2) is 11.5 Å². The first-order valence-electron chi connectivity index (χ1n) is 9.42. The molecule has 2 aromatic carbocycles. The fourth-order valence-electron chi connectivity index (χ4n) is 4.29. The Morgan fingerprint density at radius 1 is 1.11 bits per heavy atom. The highest BCUT2D eigenvalue weighted by atomic mass is 16.5. The van der Waals surface area contributed by atoms with E-state index in [1.165, 1.54) is 5.56 Å². The lowest BCUT2D eigenvalue weighted by Gasteiger charge is -2.38. The second-order valence-electron chi connectivity index (χ2n) is 7.12. The van der Waals surface area contributed by atoms with Crippen molar-refractivity contribution in [3.63, 3.8) is 0 Å². The largest absolute Gasteiger partial charge is 0.493 e. The van der Waals surface area contributed by atoms with Crippen LogP contribution in [-0.2, 0) is 22.6 Å². The Morgan fingerprint density at radius 2 is 1.85 bits per heavy atom. The number of hydrogen-bond donors (Lipinski definition) is 0. The summed E-state index contributed by atoms with van der Waals surface area (Å²) >= 11 is 0. The minimum absolute atomic E-state index is 0.147. The molecule has 27 heavy (non-hydrogen) atoms. The predicted molar refractivity (Wildman–Crippen MR) is 102 cm³/mol. The minimum Gasteiger partial charge on any atom is -0.493 e. The summed E-state index contributed by atoms with van der Waals surface area (Å²) in [5.74, 6) is 1.30. The summed E-state index contributed by atoms with van der Waals surface area (Å²) in [6, 6.07) is 13.9. The Kier molecular flexibility index (Phi) is 5.03. The van der Waals surface area contributed by atoms with Gasteiger partial charge in [0.1, 0.15) is 12.6 Å². The molecule has 0 N–H and O–H groups in total. The molecule has 4 rings (SSSR count). The van der Waals surface area contributed by atoms with Gasteiger partial charge in [-0.2, -0.15) is 0 Å². The van der Waals surface area contributed by atoms with Gasteiger partial charge in [-0.15, -0.1) is 0 Å². The highest BCUT2D eigenvalue weighted by Gasteiger charge is 2.42. The van der Waals surface area contributed by atoms with Gasteiger partial charge < -0.3 is 14.2 Å². The molecule has 2 aliphatic rings. The Labute approximate surface area is 159 Å². The summed E-state index contributed by atoms with van der Waals surface area (Å²) in [5, 5.41) is 0. The predicted octanol–water partition coefficient (Wildman–Crippen LogP) is 3.51. The normalized spacial score (nSPS) is 21.3. The van der Waals surface area contributed by atoms with E-state index in [0.717, 1.165) is 36.3 Å². The number of rotatable bonds is 5. The van der Waals surface area contributed by atoms with Crippen LogP contribution >= 0.6 is 0 Å². The molecule has 0 bridgehead atoms.